The van der Waals surface area contributed by atoms with Crippen LogP contribution in [-0.2, 0) is 11.3 Å². The van der Waals surface area contributed by atoms with E-state index in [1.165, 1.54) is 0 Å². The molecule has 1 saturated heterocycles. The Morgan fingerprint density at radius 3 is 3.00 bits per heavy atom. The Hall–Kier alpha value is -2.21. The molecule has 0 saturated carbocycles. The monoisotopic (exact) mass is 314 g/mol. The summed E-state index contributed by atoms with van der Waals surface area (Å²) in [6.45, 7) is 6.52. The second-order valence-corrected chi connectivity index (χ2v) is 5.84. The highest BCUT2D eigenvalue weighted by atomic mass is 16.5. The molecule has 1 unspecified atom stereocenters. The standard InChI is InChI=1S/C17H22N4O2/c1-3-7-21-8-6-15(19-21)17(22)20-9-10-23-16(12-20)14-5-4-13(2)11-18-14/h4-6,8,11,16H,3,7,9-10,12H2,1-2H3. The van der Waals surface area contributed by atoms with Gasteiger partial charge in [0.25, 0.3) is 5.91 Å². The Balaban J connectivity index is 1.69. The molecule has 3 heterocycles. The van der Waals surface area contributed by atoms with Crippen molar-refractivity contribution in [1.29, 1.82) is 0 Å². The highest BCUT2D eigenvalue weighted by Crippen LogP contribution is 2.21. The number of ether oxygens (including phenoxy) is 1. The number of carbonyl (C=O) groups excluding carboxylic acids is 1. The maximum absolute atomic E-state index is 12.6. The molecule has 0 radical (unpaired) electrons. The van der Waals surface area contributed by atoms with Crippen LogP contribution in [0.15, 0.2) is 30.6 Å². The van der Waals surface area contributed by atoms with E-state index in [9.17, 15) is 4.79 Å². The summed E-state index contributed by atoms with van der Waals surface area (Å²) in [5.41, 5.74) is 2.47. The van der Waals surface area contributed by atoms with E-state index in [-0.39, 0.29) is 12.0 Å². The van der Waals surface area contributed by atoms with Gasteiger partial charge in [0.05, 0.1) is 18.8 Å². The van der Waals surface area contributed by atoms with Gasteiger partial charge in [-0.05, 0) is 31.0 Å². The summed E-state index contributed by atoms with van der Waals surface area (Å²) in [6.07, 6.45) is 4.50. The molecule has 0 aliphatic carbocycles. The van der Waals surface area contributed by atoms with Crippen LogP contribution >= 0.6 is 0 Å². The molecule has 0 spiro atoms. The Bertz CT molecular complexity index is 665. The molecule has 0 aromatic carbocycles. The zero-order valence-corrected chi connectivity index (χ0v) is 13.6. The smallest absolute Gasteiger partial charge is 0.274 e. The van der Waals surface area contributed by atoms with E-state index < -0.39 is 0 Å². The Labute approximate surface area is 136 Å². The van der Waals surface area contributed by atoms with Gasteiger partial charge in [-0.15, -0.1) is 0 Å². The molecule has 1 aliphatic rings. The summed E-state index contributed by atoms with van der Waals surface area (Å²) >= 11 is 0. The molecule has 23 heavy (non-hydrogen) atoms. The fraction of sp³-hybridized carbons (Fsp3) is 0.471. The molecule has 2 aromatic rings. The minimum Gasteiger partial charge on any atom is -0.368 e. The molecule has 1 atom stereocenters. The lowest BCUT2D eigenvalue weighted by Gasteiger charge is -2.32. The largest absolute Gasteiger partial charge is 0.368 e. The fourth-order valence-corrected chi connectivity index (χ4v) is 2.67. The van der Waals surface area contributed by atoms with Crippen LogP contribution in [0.3, 0.4) is 0 Å². The Morgan fingerprint density at radius 2 is 2.26 bits per heavy atom. The number of hydrogen-bond donors (Lipinski definition) is 0. The van der Waals surface area contributed by atoms with E-state index >= 15 is 0 Å². The SMILES string of the molecule is CCCn1ccc(C(=O)N2CCOC(c3ccc(C)cn3)C2)n1. The van der Waals surface area contributed by atoms with Crippen LogP contribution in [-0.4, -0.2) is 45.3 Å². The number of morpholine rings is 1. The van der Waals surface area contributed by atoms with Crippen LogP contribution in [0.2, 0.25) is 0 Å². The van der Waals surface area contributed by atoms with E-state index in [0.717, 1.165) is 24.2 Å². The Kier molecular flexibility index (Phi) is 4.71. The summed E-state index contributed by atoms with van der Waals surface area (Å²) in [6, 6.07) is 5.76. The molecule has 3 rings (SSSR count). The molecule has 6 nitrogen and oxygen atoms in total. The third-order valence-corrected chi connectivity index (χ3v) is 3.93. The molecule has 6 heteroatoms. The first kappa shape index (κ1) is 15.7. The number of amides is 1. The molecule has 2 aromatic heterocycles. The van der Waals surface area contributed by atoms with E-state index in [1.807, 2.05) is 36.1 Å². The van der Waals surface area contributed by atoms with E-state index in [2.05, 4.69) is 17.0 Å². The highest BCUT2D eigenvalue weighted by Gasteiger charge is 2.27. The van der Waals surface area contributed by atoms with Crippen LogP contribution in [0.4, 0.5) is 0 Å². The number of pyridine rings is 1. The van der Waals surface area contributed by atoms with Crippen molar-refractivity contribution in [2.45, 2.75) is 32.9 Å². The molecule has 1 amide bonds. The summed E-state index contributed by atoms with van der Waals surface area (Å²) in [7, 11) is 0. The minimum absolute atomic E-state index is 0.0414. The fourth-order valence-electron chi connectivity index (χ4n) is 2.67. The maximum atomic E-state index is 12.6. The molecule has 1 fully saturated rings. The van der Waals surface area contributed by atoms with Crippen molar-refractivity contribution < 1.29 is 9.53 Å². The van der Waals surface area contributed by atoms with Gasteiger partial charge in [0.15, 0.2) is 0 Å². The molecule has 0 bridgehead atoms. The number of hydrogen-bond acceptors (Lipinski definition) is 4. The van der Waals surface area contributed by atoms with Crippen molar-refractivity contribution in [3.8, 4) is 0 Å². The Morgan fingerprint density at radius 1 is 1.39 bits per heavy atom. The van der Waals surface area contributed by atoms with Gasteiger partial charge >= 0.3 is 0 Å². The number of aromatic nitrogens is 3. The van der Waals surface area contributed by atoms with Crippen molar-refractivity contribution in [2.24, 2.45) is 0 Å². The lowest BCUT2D eigenvalue weighted by atomic mass is 10.1. The first-order valence-corrected chi connectivity index (χ1v) is 8.04. The number of rotatable bonds is 4. The van der Waals surface area contributed by atoms with Crippen molar-refractivity contribution in [1.82, 2.24) is 19.7 Å². The molecule has 0 N–H and O–H groups in total. The average Bonchev–Trinajstić information content (AvgIpc) is 3.04. The summed E-state index contributed by atoms with van der Waals surface area (Å²) in [4.78, 5) is 18.8. The van der Waals surface area contributed by atoms with E-state index in [0.29, 0.717) is 25.4 Å². The zero-order chi connectivity index (χ0) is 16.2. The number of nitrogens with zero attached hydrogens (tertiary/aromatic N) is 4. The van der Waals surface area contributed by atoms with Gasteiger partial charge in [-0.2, -0.15) is 5.10 Å². The molecule has 122 valence electrons. The summed E-state index contributed by atoms with van der Waals surface area (Å²) < 4.78 is 7.59. The van der Waals surface area contributed by atoms with E-state index in [4.69, 9.17) is 4.74 Å². The van der Waals surface area contributed by atoms with Gasteiger partial charge in [0.1, 0.15) is 11.8 Å². The van der Waals surface area contributed by atoms with Gasteiger partial charge < -0.3 is 9.64 Å². The van der Waals surface area contributed by atoms with Gasteiger partial charge in [0.2, 0.25) is 0 Å². The third kappa shape index (κ3) is 3.59. The minimum atomic E-state index is -0.175. The highest BCUT2D eigenvalue weighted by molar-refractivity contribution is 5.92. The lowest BCUT2D eigenvalue weighted by molar-refractivity contribution is -0.0249. The van der Waals surface area contributed by atoms with Gasteiger partial charge in [-0.3, -0.25) is 14.5 Å². The van der Waals surface area contributed by atoms with Crippen molar-refractivity contribution in [2.75, 3.05) is 19.7 Å². The predicted octanol–water partition coefficient (Wildman–Crippen LogP) is 2.21. The topological polar surface area (TPSA) is 60.2 Å². The van der Waals surface area contributed by atoms with Crippen LogP contribution in [0.1, 0.15) is 41.2 Å². The van der Waals surface area contributed by atoms with Crippen LogP contribution in [0, 0.1) is 6.92 Å². The normalized spacial score (nSPS) is 18.2. The zero-order valence-electron chi connectivity index (χ0n) is 13.6. The predicted molar refractivity (Wildman–Crippen MR) is 86.1 cm³/mol. The molecule has 1 aliphatic heterocycles. The molecular formula is C17H22N4O2. The van der Waals surface area contributed by atoms with Crippen LogP contribution in [0.25, 0.3) is 0 Å². The lowest BCUT2D eigenvalue weighted by Crippen LogP contribution is -2.42. The average molecular weight is 314 g/mol. The second kappa shape index (κ2) is 6.91. The van der Waals surface area contributed by atoms with Crippen LogP contribution in [0.5, 0.6) is 0 Å². The molecular weight excluding hydrogens is 292 g/mol. The summed E-state index contributed by atoms with van der Waals surface area (Å²) in [5.74, 6) is -0.0414. The van der Waals surface area contributed by atoms with Gasteiger partial charge in [0, 0.05) is 25.5 Å². The second-order valence-electron chi connectivity index (χ2n) is 5.84. The third-order valence-electron chi connectivity index (χ3n) is 3.93. The van der Waals surface area contributed by atoms with Gasteiger partial charge in [-0.1, -0.05) is 13.0 Å². The van der Waals surface area contributed by atoms with Crippen molar-refractivity contribution in [3.05, 3.63) is 47.5 Å². The number of carbonyl (C=O) groups is 1. The maximum Gasteiger partial charge on any atom is 0.274 e. The van der Waals surface area contributed by atoms with Gasteiger partial charge in [-0.25, -0.2) is 0 Å². The quantitative estimate of drug-likeness (QED) is 0.868. The summed E-state index contributed by atoms with van der Waals surface area (Å²) in [5, 5.41) is 4.35. The van der Waals surface area contributed by atoms with Crippen LogP contribution < -0.4 is 0 Å². The first-order valence-electron chi connectivity index (χ1n) is 8.04. The first-order chi connectivity index (χ1) is 11.2. The van der Waals surface area contributed by atoms with Crippen molar-refractivity contribution in [3.63, 3.8) is 0 Å². The van der Waals surface area contributed by atoms with Crippen molar-refractivity contribution >= 4 is 5.91 Å². The number of aryl methyl sites for hydroxylation is 2. The van der Waals surface area contributed by atoms with E-state index in [1.54, 1.807) is 11.0 Å².